The molecular weight excluding hydrogens is 276 g/mol. The summed E-state index contributed by atoms with van der Waals surface area (Å²) in [6, 6.07) is 0. The monoisotopic (exact) mass is 302 g/mol. The first-order chi connectivity index (χ1) is 9.40. The third-order valence-electron chi connectivity index (χ3n) is 4.47. The lowest BCUT2D eigenvalue weighted by molar-refractivity contribution is -0.135. The zero-order valence-electron chi connectivity index (χ0n) is 12.5. The SMILES string of the molecule is CCCN(CC1CC1)C(=O)C1(S(C)(=O)=O)CCNCC1. The maximum absolute atomic E-state index is 12.9. The number of amides is 1. The molecule has 1 amide bonds. The summed E-state index contributed by atoms with van der Waals surface area (Å²) in [5.74, 6) is 0.430. The van der Waals surface area contributed by atoms with E-state index < -0.39 is 14.6 Å². The van der Waals surface area contributed by atoms with E-state index in [1.165, 1.54) is 19.1 Å². The van der Waals surface area contributed by atoms with Gasteiger partial charge in [-0.2, -0.15) is 0 Å². The van der Waals surface area contributed by atoms with E-state index in [2.05, 4.69) is 5.32 Å². The highest BCUT2D eigenvalue weighted by Crippen LogP contribution is 2.34. The van der Waals surface area contributed by atoms with Crippen molar-refractivity contribution in [3.63, 3.8) is 0 Å². The summed E-state index contributed by atoms with van der Waals surface area (Å²) in [4.78, 5) is 14.7. The van der Waals surface area contributed by atoms with Crippen molar-refractivity contribution in [2.24, 2.45) is 5.92 Å². The summed E-state index contributed by atoms with van der Waals surface area (Å²) in [7, 11) is -3.40. The molecule has 2 fully saturated rings. The Labute approximate surface area is 122 Å². The van der Waals surface area contributed by atoms with Gasteiger partial charge in [-0.15, -0.1) is 0 Å². The molecule has 0 aromatic carbocycles. The Hall–Kier alpha value is -0.620. The molecule has 20 heavy (non-hydrogen) atoms. The number of carbonyl (C=O) groups is 1. The first-order valence-electron chi connectivity index (χ1n) is 7.60. The van der Waals surface area contributed by atoms with Crippen LogP contribution in [-0.4, -0.2) is 56.4 Å². The summed E-state index contributed by atoms with van der Waals surface area (Å²) < 4.78 is 23.4. The molecule has 0 unspecified atom stereocenters. The third kappa shape index (κ3) is 3.17. The smallest absolute Gasteiger partial charge is 0.244 e. The lowest BCUT2D eigenvalue weighted by atomic mass is 9.95. The largest absolute Gasteiger partial charge is 0.341 e. The molecule has 0 radical (unpaired) electrons. The molecule has 1 aliphatic carbocycles. The normalized spacial score (nSPS) is 22.5. The van der Waals surface area contributed by atoms with E-state index in [0.717, 1.165) is 13.0 Å². The van der Waals surface area contributed by atoms with E-state index in [1.807, 2.05) is 11.8 Å². The van der Waals surface area contributed by atoms with Gasteiger partial charge in [0.2, 0.25) is 5.91 Å². The van der Waals surface area contributed by atoms with Crippen molar-refractivity contribution >= 4 is 15.7 Å². The third-order valence-corrected chi connectivity index (χ3v) is 6.47. The maximum atomic E-state index is 12.9. The average molecular weight is 302 g/mol. The average Bonchev–Trinajstić information content (AvgIpc) is 3.21. The molecule has 1 heterocycles. The second-order valence-corrected chi connectivity index (χ2v) is 8.54. The van der Waals surface area contributed by atoms with Crippen LogP contribution in [0.3, 0.4) is 0 Å². The number of hydrogen-bond donors (Lipinski definition) is 1. The van der Waals surface area contributed by atoms with Crippen LogP contribution >= 0.6 is 0 Å². The van der Waals surface area contributed by atoms with Gasteiger partial charge < -0.3 is 10.2 Å². The highest BCUT2D eigenvalue weighted by atomic mass is 32.2. The van der Waals surface area contributed by atoms with Gasteiger partial charge in [-0.3, -0.25) is 4.79 Å². The van der Waals surface area contributed by atoms with Crippen LogP contribution in [0.15, 0.2) is 0 Å². The minimum Gasteiger partial charge on any atom is -0.341 e. The van der Waals surface area contributed by atoms with Gasteiger partial charge in [0.05, 0.1) is 0 Å². The lowest BCUT2D eigenvalue weighted by Crippen LogP contribution is -2.58. The molecule has 0 aromatic rings. The molecule has 0 spiro atoms. The summed E-state index contributed by atoms with van der Waals surface area (Å²) in [6.45, 7) is 4.63. The van der Waals surface area contributed by atoms with Crippen molar-refractivity contribution in [3.8, 4) is 0 Å². The Morgan fingerprint density at radius 1 is 1.30 bits per heavy atom. The van der Waals surface area contributed by atoms with Gasteiger partial charge in [0.1, 0.15) is 0 Å². The van der Waals surface area contributed by atoms with Crippen molar-refractivity contribution in [2.45, 2.75) is 43.8 Å². The van der Waals surface area contributed by atoms with E-state index >= 15 is 0 Å². The molecule has 0 atom stereocenters. The van der Waals surface area contributed by atoms with Crippen molar-refractivity contribution in [1.29, 1.82) is 0 Å². The molecule has 116 valence electrons. The minimum absolute atomic E-state index is 0.157. The van der Waals surface area contributed by atoms with Crippen molar-refractivity contribution in [1.82, 2.24) is 10.2 Å². The van der Waals surface area contributed by atoms with Crippen LogP contribution in [0, 0.1) is 5.92 Å². The topological polar surface area (TPSA) is 66.5 Å². The van der Waals surface area contributed by atoms with Gasteiger partial charge in [-0.25, -0.2) is 8.42 Å². The molecular formula is C14H26N2O3S. The zero-order chi connectivity index (χ0) is 14.8. The lowest BCUT2D eigenvalue weighted by Gasteiger charge is -2.38. The molecule has 0 bridgehead atoms. The molecule has 1 saturated heterocycles. The molecule has 0 aromatic heterocycles. The number of piperidine rings is 1. The fourth-order valence-corrected chi connectivity index (χ4v) is 4.41. The second kappa shape index (κ2) is 6.02. The summed E-state index contributed by atoms with van der Waals surface area (Å²) >= 11 is 0. The predicted octanol–water partition coefficient (Wildman–Crippen LogP) is 0.802. The Morgan fingerprint density at radius 2 is 1.90 bits per heavy atom. The number of carbonyl (C=O) groups excluding carboxylic acids is 1. The molecule has 2 rings (SSSR count). The Morgan fingerprint density at radius 3 is 2.35 bits per heavy atom. The van der Waals surface area contributed by atoms with Crippen molar-refractivity contribution < 1.29 is 13.2 Å². The van der Waals surface area contributed by atoms with Crippen LogP contribution in [0.25, 0.3) is 0 Å². The van der Waals surface area contributed by atoms with E-state index in [0.29, 0.717) is 38.4 Å². The van der Waals surface area contributed by atoms with Crippen LogP contribution in [0.2, 0.25) is 0 Å². The number of rotatable bonds is 6. The second-order valence-electron chi connectivity index (χ2n) is 6.21. The van der Waals surface area contributed by atoms with Crippen molar-refractivity contribution in [3.05, 3.63) is 0 Å². The minimum atomic E-state index is -3.40. The summed E-state index contributed by atoms with van der Waals surface area (Å²) in [6.07, 6.45) is 5.22. The fourth-order valence-electron chi connectivity index (χ4n) is 3.02. The fraction of sp³-hybridized carbons (Fsp3) is 0.929. The van der Waals surface area contributed by atoms with Gasteiger partial charge in [0, 0.05) is 19.3 Å². The molecule has 1 aliphatic heterocycles. The summed E-state index contributed by atoms with van der Waals surface area (Å²) in [5.41, 5.74) is 0. The number of nitrogens with zero attached hydrogens (tertiary/aromatic N) is 1. The maximum Gasteiger partial charge on any atom is 0.244 e. The van der Waals surface area contributed by atoms with E-state index in [-0.39, 0.29) is 5.91 Å². The van der Waals surface area contributed by atoms with Crippen LogP contribution in [0.1, 0.15) is 39.0 Å². The van der Waals surface area contributed by atoms with Gasteiger partial charge in [0.15, 0.2) is 14.6 Å². The first kappa shape index (κ1) is 15.8. The van der Waals surface area contributed by atoms with Crippen LogP contribution < -0.4 is 5.32 Å². The molecule has 5 nitrogen and oxygen atoms in total. The van der Waals surface area contributed by atoms with Gasteiger partial charge in [-0.1, -0.05) is 6.92 Å². The van der Waals surface area contributed by atoms with Gasteiger partial charge >= 0.3 is 0 Å². The van der Waals surface area contributed by atoms with E-state index in [9.17, 15) is 13.2 Å². The number of nitrogens with one attached hydrogen (secondary N) is 1. The zero-order valence-corrected chi connectivity index (χ0v) is 13.3. The van der Waals surface area contributed by atoms with Gasteiger partial charge in [-0.05, 0) is 51.1 Å². The Bertz CT molecular complexity index is 451. The van der Waals surface area contributed by atoms with E-state index in [4.69, 9.17) is 0 Å². The van der Waals surface area contributed by atoms with Crippen LogP contribution in [0.4, 0.5) is 0 Å². The standard InChI is InChI=1S/C14H26N2O3S/c1-3-10-16(11-12-4-5-12)13(17)14(20(2,18)19)6-8-15-9-7-14/h12,15H,3-11H2,1-2H3. The van der Waals surface area contributed by atoms with Crippen LogP contribution in [-0.2, 0) is 14.6 Å². The Kier molecular flexibility index (Phi) is 4.74. The van der Waals surface area contributed by atoms with Crippen molar-refractivity contribution in [2.75, 3.05) is 32.4 Å². The first-order valence-corrected chi connectivity index (χ1v) is 9.49. The van der Waals surface area contributed by atoms with Crippen LogP contribution in [0.5, 0.6) is 0 Å². The molecule has 6 heteroatoms. The molecule has 1 saturated carbocycles. The van der Waals surface area contributed by atoms with Gasteiger partial charge in [0.25, 0.3) is 0 Å². The van der Waals surface area contributed by atoms with E-state index in [1.54, 1.807) is 0 Å². The number of sulfone groups is 1. The summed E-state index contributed by atoms with van der Waals surface area (Å²) in [5, 5.41) is 3.16. The molecule has 2 aliphatic rings. The molecule has 1 N–H and O–H groups in total. The highest BCUT2D eigenvalue weighted by molar-refractivity contribution is 7.92. The highest BCUT2D eigenvalue weighted by Gasteiger charge is 2.50. The number of hydrogen-bond acceptors (Lipinski definition) is 4. The quantitative estimate of drug-likeness (QED) is 0.788. The predicted molar refractivity (Wildman–Crippen MR) is 79.3 cm³/mol. The Balaban J connectivity index is 2.23.